The van der Waals surface area contributed by atoms with Gasteiger partial charge in [-0.3, -0.25) is 4.57 Å². The number of nitrogen functional groups attached to an aromatic ring is 1. The minimum absolute atomic E-state index is 0.227. The lowest BCUT2D eigenvalue weighted by atomic mass is 10.1. The molecule has 2 N–H and O–H groups in total. The molecule has 6 nitrogen and oxygen atoms in total. The molecule has 0 amide bonds. The lowest BCUT2D eigenvalue weighted by molar-refractivity contribution is -0.148. The van der Waals surface area contributed by atoms with Crippen molar-refractivity contribution in [2.75, 3.05) is 26.1 Å². The maximum Gasteiger partial charge on any atom is 0.329 e. The first-order valence-electron chi connectivity index (χ1n) is 6.86. The minimum Gasteiger partial charge on any atom is -0.462 e. The second-order valence-electron chi connectivity index (χ2n) is 5.10. The molecule has 1 unspecified atom stereocenters. The Bertz CT molecular complexity index is 664. The molecule has 0 radical (unpaired) electrons. The number of anilines is 1. The van der Waals surface area contributed by atoms with Crippen LogP contribution in [-0.4, -0.2) is 35.8 Å². The number of nitrogens with two attached hydrogens (primary N) is 1. The van der Waals surface area contributed by atoms with Gasteiger partial charge in [0.15, 0.2) is 0 Å². The fourth-order valence-corrected chi connectivity index (χ4v) is 2.23. The Morgan fingerprint density at radius 1 is 1.33 bits per heavy atom. The van der Waals surface area contributed by atoms with Gasteiger partial charge in [-0.15, -0.1) is 0 Å². The van der Waals surface area contributed by atoms with Crippen molar-refractivity contribution in [3.05, 3.63) is 23.3 Å². The minimum atomic E-state index is -0.533. The molecule has 1 atom stereocenters. The van der Waals surface area contributed by atoms with Crippen LogP contribution in [0.2, 0.25) is 0 Å². The molecule has 0 saturated heterocycles. The maximum absolute atomic E-state index is 12.1. The highest BCUT2D eigenvalue weighted by Crippen LogP contribution is 2.26. The summed E-state index contributed by atoms with van der Waals surface area (Å²) in [7, 11) is 1.56. The molecule has 1 heterocycles. The van der Waals surface area contributed by atoms with E-state index in [2.05, 4.69) is 4.98 Å². The molecule has 1 aromatic carbocycles. The summed E-state index contributed by atoms with van der Waals surface area (Å²) in [5, 5.41) is 0. The van der Waals surface area contributed by atoms with E-state index >= 15 is 0 Å². The Morgan fingerprint density at radius 3 is 2.67 bits per heavy atom. The fraction of sp³-hybridized carbons (Fsp3) is 0.467. The van der Waals surface area contributed by atoms with E-state index in [-0.39, 0.29) is 12.6 Å². The van der Waals surface area contributed by atoms with E-state index in [1.165, 1.54) is 0 Å². The summed E-state index contributed by atoms with van der Waals surface area (Å²) in [5.41, 5.74) is 9.86. The third kappa shape index (κ3) is 3.00. The van der Waals surface area contributed by atoms with Crippen LogP contribution in [0, 0.1) is 13.8 Å². The largest absolute Gasteiger partial charge is 0.462 e. The van der Waals surface area contributed by atoms with E-state index < -0.39 is 6.04 Å². The predicted molar refractivity (Wildman–Crippen MR) is 81.2 cm³/mol. The number of hydrogen-bond donors (Lipinski definition) is 1. The number of rotatable bonds is 5. The second-order valence-corrected chi connectivity index (χ2v) is 5.10. The van der Waals surface area contributed by atoms with Crippen LogP contribution in [0.25, 0.3) is 11.0 Å². The molecule has 6 heteroatoms. The zero-order valence-electron chi connectivity index (χ0n) is 12.8. The van der Waals surface area contributed by atoms with Crippen LogP contribution < -0.4 is 5.73 Å². The highest BCUT2D eigenvalue weighted by atomic mass is 16.6. The standard InChI is InChI=1S/C15H21N3O3/c1-9-7-12-13(8-10(9)2)18(15(16)17-12)11(3)14(19)21-6-5-20-4/h7-8,11H,5-6H2,1-4H3,(H2,16,17). The number of imidazole rings is 1. The number of esters is 1. The van der Waals surface area contributed by atoms with Crippen LogP contribution in [0.1, 0.15) is 24.1 Å². The van der Waals surface area contributed by atoms with Crippen molar-refractivity contribution in [2.45, 2.75) is 26.8 Å². The zero-order chi connectivity index (χ0) is 15.6. The smallest absolute Gasteiger partial charge is 0.329 e. The van der Waals surface area contributed by atoms with E-state index in [4.69, 9.17) is 15.2 Å². The molecular weight excluding hydrogens is 270 g/mol. The number of benzene rings is 1. The average Bonchev–Trinajstić information content (AvgIpc) is 2.74. The van der Waals surface area contributed by atoms with Crippen molar-refractivity contribution in [1.29, 1.82) is 0 Å². The normalized spacial score (nSPS) is 12.6. The van der Waals surface area contributed by atoms with Gasteiger partial charge in [0.05, 0.1) is 17.6 Å². The fourth-order valence-electron chi connectivity index (χ4n) is 2.23. The summed E-state index contributed by atoms with van der Waals surface area (Å²) in [4.78, 5) is 16.4. The first-order chi connectivity index (χ1) is 9.95. The number of carbonyl (C=O) groups is 1. The number of aryl methyl sites for hydroxylation is 2. The molecule has 0 bridgehead atoms. The Kier molecular flexibility index (Phi) is 4.47. The van der Waals surface area contributed by atoms with Gasteiger partial charge in [0.1, 0.15) is 12.6 Å². The Labute approximate surface area is 123 Å². The summed E-state index contributed by atoms with van der Waals surface area (Å²) in [6.07, 6.45) is 0. The molecule has 114 valence electrons. The third-order valence-electron chi connectivity index (χ3n) is 3.59. The number of nitrogens with zero attached hydrogens (tertiary/aromatic N) is 2. The number of fused-ring (bicyclic) bond motifs is 1. The van der Waals surface area contributed by atoms with Gasteiger partial charge in [-0.1, -0.05) is 0 Å². The van der Waals surface area contributed by atoms with E-state index in [0.29, 0.717) is 12.6 Å². The average molecular weight is 291 g/mol. The maximum atomic E-state index is 12.1. The molecule has 0 fully saturated rings. The number of aromatic nitrogens is 2. The van der Waals surface area contributed by atoms with Crippen LogP contribution in [0.3, 0.4) is 0 Å². The topological polar surface area (TPSA) is 79.4 Å². The summed E-state index contributed by atoms with van der Waals surface area (Å²) < 4.78 is 11.7. The monoisotopic (exact) mass is 291 g/mol. The van der Waals surface area contributed by atoms with Crippen molar-refractivity contribution in [3.8, 4) is 0 Å². The molecule has 0 saturated carbocycles. The van der Waals surface area contributed by atoms with Gasteiger partial charge in [0.25, 0.3) is 0 Å². The van der Waals surface area contributed by atoms with Crippen molar-refractivity contribution in [3.63, 3.8) is 0 Å². The first-order valence-corrected chi connectivity index (χ1v) is 6.86. The van der Waals surface area contributed by atoms with Crippen molar-refractivity contribution < 1.29 is 14.3 Å². The van der Waals surface area contributed by atoms with E-state index in [1.54, 1.807) is 18.6 Å². The SMILES string of the molecule is COCCOC(=O)C(C)n1c(N)nc2cc(C)c(C)cc21. The number of ether oxygens (including phenoxy) is 2. The van der Waals surface area contributed by atoms with Gasteiger partial charge in [-0.05, 0) is 44.0 Å². The molecule has 21 heavy (non-hydrogen) atoms. The van der Waals surface area contributed by atoms with Crippen molar-refractivity contribution in [1.82, 2.24) is 9.55 Å². The lowest BCUT2D eigenvalue weighted by Gasteiger charge is -2.15. The van der Waals surface area contributed by atoms with Crippen LogP contribution in [0.5, 0.6) is 0 Å². The van der Waals surface area contributed by atoms with Gasteiger partial charge in [0.2, 0.25) is 5.95 Å². The molecule has 0 aliphatic heterocycles. The van der Waals surface area contributed by atoms with Gasteiger partial charge in [-0.2, -0.15) is 0 Å². The Morgan fingerprint density at radius 2 is 2.00 bits per heavy atom. The predicted octanol–water partition coefficient (Wildman–Crippen LogP) is 1.99. The van der Waals surface area contributed by atoms with Crippen LogP contribution in [0.15, 0.2) is 12.1 Å². The molecule has 0 spiro atoms. The quantitative estimate of drug-likeness (QED) is 0.673. The molecule has 0 aliphatic rings. The van der Waals surface area contributed by atoms with Gasteiger partial charge < -0.3 is 15.2 Å². The van der Waals surface area contributed by atoms with E-state index in [1.807, 2.05) is 26.0 Å². The molecule has 1 aromatic heterocycles. The van der Waals surface area contributed by atoms with Crippen LogP contribution >= 0.6 is 0 Å². The summed E-state index contributed by atoms with van der Waals surface area (Å²) in [6, 6.07) is 3.43. The lowest BCUT2D eigenvalue weighted by Crippen LogP contribution is -2.22. The number of hydrogen-bond acceptors (Lipinski definition) is 5. The highest BCUT2D eigenvalue weighted by Gasteiger charge is 2.22. The highest BCUT2D eigenvalue weighted by molar-refractivity contribution is 5.84. The first kappa shape index (κ1) is 15.3. The molecule has 0 aliphatic carbocycles. The summed E-state index contributed by atoms with van der Waals surface area (Å²) in [6.45, 7) is 6.39. The molecule has 2 aromatic rings. The van der Waals surface area contributed by atoms with Crippen LogP contribution in [-0.2, 0) is 14.3 Å². The summed E-state index contributed by atoms with van der Waals surface area (Å²) >= 11 is 0. The van der Waals surface area contributed by atoms with Crippen LogP contribution in [0.4, 0.5) is 5.95 Å². The third-order valence-corrected chi connectivity index (χ3v) is 3.59. The Hall–Kier alpha value is -2.08. The number of methoxy groups -OCH3 is 1. The van der Waals surface area contributed by atoms with E-state index in [9.17, 15) is 4.79 Å². The molecule has 2 rings (SSSR count). The second kappa shape index (κ2) is 6.13. The van der Waals surface area contributed by atoms with Crippen molar-refractivity contribution in [2.24, 2.45) is 0 Å². The summed E-state index contributed by atoms with van der Waals surface area (Å²) in [5.74, 6) is -0.0394. The van der Waals surface area contributed by atoms with Gasteiger partial charge in [0, 0.05) is 7.11 Å². The number of carbonyl (C=O) groups excluding carboxylic acids is 1. The van der Waals surface area contributed by atoms with E-state index in [0.717, 1.165) is 22.2 Å². The van der Waals surface area contributed by atoms with Gasteiger partial charge in [-0.25, -0.2) is 9.78 Å². The Balaban J connectivity index is 2.34. The zero-order valence-corrected chi connectivity index (χ0v) is 12.8. The molecular formula is C15H21N3O3. The van der Waals surface area contributed by atoms with Gasteiger partial charge >= 0.3 is 5.97 Å². The van der Waals surface area contributed by atoms with Crippen molar-refractivity contribution >= 4 is 23.0 Å².